The van der Waals surface area contributed by atoms with Gasteiger partial charge in [0.25, 0.3) is 0 Å². The van der Waals surface area contributed by atoms with Crippen LogP contribution in [0.4, 0.5) is 5.82 Å². The van der Waals surface area contributed by atoms with Gasteiger partial charge < -0.3 is 10.0 Å². The Bertz CT molecular complexity index is 724. The number of aromatic nitrogens is 1. The Morgan fingerprint density at radius 2 is 1.96 bits per heavy atom. The maximum atomic E-state index is 11.1. The van der Waals surface area contributed by atoms with E-state index < -0.39 is 5.60 Å². The molecule has 0 radical (unpaired) electrons. The third kappa shape index (κ3) is 3.42. The van der Waals surface area contributed by atoms with Crippen LogP contribution in [0, 0.1) is 0 Å². The number of rotatable bonds is 5. The molecule has 1 unspecified atom stereocenters. The molecule has 2 aliphatic rings. The molecule has 0 amide bonds. The molecule has 0 spiro atoms. The number of fused-ring (bicyclic) bond motifs is 1. The van der Waals surface area contributed by atoms with Crippen molar-refractivity contribution in [3.05, 3.63) is 59.3 Å². The summed E-state index contributed by atoms with van der Waals surface area (Å²) >= 11 is 0. The SMILES string of the molecule is CN(Cc1ccc(N2CCCC2)nc1)CC1(O)CCc2ccccc21. The van der Waals surface area contributed by atoms with E-state index >= 15 is 0 Å². The van der Waals surface area contributed by atoms with E-state index in [9.17, 15) is 5.11 Å². The Balaban J connectivity index is 1.40. The molecule has 4 rings (SSSR count). The quantitative estimate of drug-likeness (QED) is 0.911. The highest BCUT2D eigenvalue weighted by molar-refractivity contribution is 5.40. The first-order valence-corrected chi connectivity index (χ1v) is 9.33. The van der Waals surface area contributed by atoms with Crippen LogP contribution in [0.1, 0.15) is 36.0 Å². The van der Waals surface area contributed by atoms with Gasteiger partial charge in [0.1, 0.15) is 11.4 Å². The zero-order chi connectivity index (χ0) is 17.3. The Morgan fingerprint density at radius 3 is 2.72 bits per heavy atom. The van der Waals surface area contributed by atoms with Gasteiger partial charge in [-0.3, -0.25) is 4.90 Å². The second-order valence-corrected chi connectivity index (χ2v) is 7.58. The molecule has 1 aliphatic heterocycles. The third-order valence-corrected chi connectivity index (χ3v) is 5.55. The molecule has 25 heavy (non-hydrogen) atoms. The fraction of sp³-hybridized carbons (Fsp3) is 0.476. The highest BCUT2D eigenvalue weighted by Gasteiger charge is 2.37. The molecular formula is C21H27N3O. The van der Waals surface area contributed by atoms with Crippen LogP contribution in [0.5, 0.6) is 0 Å². The highest BCUT2D eigenvalue weighted by atomic mass is 16.3. The molecule has 1 aromatic heterocycles. The minimum atomic E-state index is -0.728. The van der Waals surface area contributed by atoms with Crippen molar-refractivity contribution in [1.29, 1.82) is 0 Å². The zero-order valence-corrected chi connectivity index (χ0v) is 15.0. The number of aliphatic hydroxyl groups is 1. The summed E-state index contributed by atoms with van der Waals surface area (Å²) in [5.41, 5.74) is 2.86. The summed E-state index contributed by atoms with van der Waals surface area (Å²) in [4.78, 5) is 9.19. The minimum absolute atomic E-state index is 0.651. The number of aryl methyl sites for hydroxylation is 1. The van der Waals surface area contributed by atoms with Crippen LogP contribution >= 0.6 is 0 Å². The molecule has 132 valence electrons. The zero-order valence-electron chi connectivity index (χ0n) is 15.0. The second-order valence-electron chi connectivity index (χ2n) is 7.58. The molecule has 4 heteroatoms. The lowest BCUT2D eigenvalue weighted by molar-refractivity contribution is 0.00547. The van der Waals surface area contributed by atoms with Crippen LogP contribution in [-0.4, -0.2) is 41.7 Å². The molecular weight excluding hydrogens is 310 g/mol. The van der Waals surface area contributed by atoms with Crippen molar-refractivity contribution in [2.45, 2.75) is 37.8 Å². The fourth-order valence-electron chi connectivity index (χ4n) is 4.29. The summed E-state index contributed by atoms with van der Waals surface area (Å²) in [5.74, 6) is 1.09. The average Bonchev–Trinajstić information content (AvgIpc) is 3.25. The van der Waals surface area contributed by atoms with Gasteiger partial charge in [0.05, 0.1) is 0 Å². The standard InChI is InChI=1S/C21H27N3O/c1-23(16-21(25)11-10-18-6-2-3-7-19(18)21)15-17-8-9-20(22-14-17)24-12-4-5-13-24/h2-3,6-9,14,25H,4-5,10-13,15-16H2,1H3. The van der Waals surface area contributed by atoms with Crippen molar-refractivity contribution in [1.82, 2.24) is 9.88 Å². The van der Waals surface area contributed by atoms with Gasteiger partial charge in [-0.25, -0.2) is 4.98 Å². The lowest BCUT2D eigenvalue weighted by Crippen LogP contribution is -2.37. The summed E-state index contributed by atoms with van der Waals surface area (Å²) in [6.45, 7) is 3.70. The number of benzene rings is 1. The van der Waals surface area contributed by atoms with Crippen LogP contribution in [0.3, 0.4) is 0 Å². The number of hydrogen-bond donors (Lipinski definition) is 1. The molecule has 1 aromatic carbocycles. The molecule has 2 heterocycles. The third-order valence-electron chi connectivity index (χ3n) is 5.55. The van der Waals surface area contributed by atoms with E-state index in [-0.39, 0.29) is 0 Å². The van der Waals surface area contributed by atoms with Gasteiger partial charge in [0, 0.05) is 32.4 Å². The molecule has 1 atom stereocenters. The monoisotopic (exact) mass is 337 g/mol. The van der Waals surface area contributed by atoms with Gasteiger partial charge in [0.2, 0.25) is 0 Å². The van der Waals surface area contributed by atoms with E-state index in [2.05, 4.69) is 52.2 Å². The molecule has 1 N–H and O–H groups in total. The highest BCUT2D eigenvalue weighted by Crippen LogP contribution is 2.37. The molecule has 4 nitrogen and oxygen atoms in total. The average molecular weight is 337 g/mol. The normalized spacial score (nSPS) is 22.6. The van der Waals surface area contributed by atoms with E-state index in [1.165, 1.54) is 24.0 Å². The first-order chi connectivity index (χ1) is 12.1. The van der Waals surface area contributed by atoms with Crippen molar-refractivity contribution in [3.8, 4) is 0 Å². The van der Waals surface area contributed by atoms with E-state index in [1.807, 2.05) is 12.3 Å². The molecule has 1 fully saturated rings. The number of pyridine rings is 1. The van der Waals surface area contributed by atoms with Gasteiger partial charge in [-0.05, 0) is 55.5 Å². The summed E-state index contributed by atoms with van der Waals surface area (Å²) in [5, 5.41) is 11.1. The van der Waals surface area contributed by atoms with Crippen LogP contribution in [-0.2, 0) is 18.6 Å². The smallest absolute Gasteiger partial charge is 0.128 e. The predicted octanol–water partition coefficient (Wildman–Crippen LogP) is 2.95. The van der Waals surface area contributed by atoms with Crippen molar-refractivity contribution < 1.29 is 5.11 Å². The lowest BCUT2D eigenvalue weighted by Gasteiger charge is -2.30. The Labute approximate surface area is 150 Å². The van der Waals surface area contributed by atoms with Gasteiger partial charge in [-0.15, -0.1) is 0 Å². The van der Waals surface area contributed by atoms with E-state index in [0.29, 0.717) is 6.54 Å². The fourth-order valence-corrected chi connectivity index (χ4v) is 4.29. The first kappa shape index (κ1) is 16.6. The van der Waals surface area contributed by atoms with Crippen molar-refractivity contribution in [2.75, 3.05) is 31.6 Å². The second kappa shape index (κ2) is 6.77. The summed E-state index contributed by atoms with van der Waals surface area (Å²) in [7, 11) is 2.08. The van der Waals surface area contributed by atoms with Crippen molar-refractivity contribution >= 4 is 5.82 Å². The molecule has 0 bridgehead atoms. The van der Waals surface area contributed by atoms with E-state index in [0.717, 1.165) is 43.9 Å². The summed E-state index contributed by atoms with van der Waals surface area (Å²) in [6.07, 6.45) is 6.30. The van der Waals surface area contributed by atoms with Crippen molar-refractivity contribution in [3.63, 3.8) is 0 Å². The van der Waals surface area contributed by atoms with Gasteiger partial charge in [-0.2, -0.15) is 0 Å². The van der Waals surface area contributed by atoms with Crippen LogP contribution in [0.15, 0.2) is 42.6 Å². The topological polar surface area (TPSA) is 39.6 Å². The van der Waals surface area contributed by atoms with E-state index in [4.69, 9.17) is 0 Å². The maximum absolute atomic E-state index is 11.1. The van der Waals surface area contributed by atoms with Gasteiger partial charge >= 0.3 is 0 Å². The number of nitrogens with zero attached hydrogens (tertiary/aromatic N) is 3. The lowest BCUT2D eigenvalue weighted by atomic mass is 9.95. The van der Waals surface area contributed by atoms with Crippen LogP contribution in [0.2, 0.25) is 0 Å². The van der Waals surface area contributed by atoms with Crippen LogP contribution < -0.4 is 4.90 Å². The molecule has 1 saturated heterocycles. The number of hydrogen-bond acceptors (Lipinski definition) is 4. The van der Waals surface area contributed by atoms with Crippen molar-refractivity contribution in [2.24, 2.45) is 0 Å². The Hall–Kier alpha value is -1.91. The Kier molecular flexibility index (Phi) is 4.48. The summed E-state index contributed by atoms with van der Waals surface area (Å²) in [6, 6.07) is 12.6. The molecule has 1 aliphatic carbocycles. The minimum Gasteiger partial charge on any atom is -0.384 e. The first-order valence-electron chi connectivity index (χ1n) is 9.33. The summed E-state index contributed by atoms with van der Waals surface area (Å²) < 4.78 is 0. The van der Waals surface area contributed by atoms with Gasteiger partial charge in [-0.1, -0.05) is 30.3 Å². The molecule has 2 aromatic rings. The number of likely N-dealkylation sites (N-methyl/N-ethyl adjacent to an activating group) is 1. The maximum Gasteiger partial charge on any atom is 0.128 e. The largest absolute Gasteiger partial charge is 0.384 e. The number of anilines is 1. The van der Waals surface area contributed by atoms with E-state index in [1.54, 1.807) is 0 Å². The van der Waals surface area contributed by atoms with Gasteiger partial charge in [0.15, 0.2) is 0 Å². The Morgan fingerprint density at radius 1 is 1.16 bits per heavy atom. The molecule has 0 saturated carbocycles. The van der Waals surface area contributed by atoms with Crippen LogP contribution in [0.25, 0.3) is 0 Å². The predicted molar refractivity (Wildman–Crippen MR) is 101 cm³/mol.